The fraction of sp³-hybridized carbons (Fsp3) is 0.182. The van der Waals surface area contributed by atoms with Crippen molar-refractivity contribution in [2.24, 2.45) is 0 Å². The van der Waals surface area contributed by atoms with Gasteiger partial charge in [-0.1, -0.05) is 0 Å². The Labute approximate surface area is 118 Å². The molecule has 1 heterocycles. The summed E-state index contributed by atoms with van der Waals surface area (Å²) >= 11 is 0. The summed E-state index contributed by atoms with van der Waals surface area (Å²) in [5.74, 6) is 0.874. The molecule has 2 rings (SSSR count). The minimum absolute atomic E-state index is 0.874. The van der Waals surface area contributed by atoms with Crippen LogP contribution in [0.2, 0.25) is 0 Å². The van der Waals surface area contributed by atoms with Crippen LogP contribution in [0.5, 0.6) is 5.75 Å². The number of halogens is 3. The molecule has 0 aliphatic rings. The first kappa shape index (κ1) is 17.0. The highest BCUT2D eigenvalue weighted by Gasteiger charge is 2.36. The van der Waals surface area contributed by atoms with Crippen molar-refractivity contribution in [3.63, 3.8) is 0 Å². The van der Waals surface area contributed by atoms with Crippen LogP contribution in [-0.4, -0.2) is 30.7 Å². The molecule has 0 spiro atoms. The standard InChI is InChI=1S/C10H10N2O.CHF3O3S/c1-13-9-4-2-8(3-5-9)10-6-7-11-12-10;2-1(3,4)8(5,6)7/h2-7H,1H3,(H,11,12);(H,5,6,7). The van der Waals surface area contributed by atoms with Crippen molar-refractivity contribution in [2.45, 2.75) is 5.51 Å². The molecule has 1 aromatic carbocycles. The van der Waals surface area contributed by atoms with Crippen LogP contribution in [0, 0.1) is 0 Å². The van der Waals surface area contributed by atoms with Gasteiger partial charge in [-0.05, 0) is 24.3 Å². The molecule has 10 heteroatoms. The SMILES string of the molecule is COc1ccc(-c2cc[nH+][nH]2)cc1.O=S(=O)([O-])C(F)(F)F. The largest absolute Gasteiger partial charge is 0.741 e. The Morgan fingerprint density at radius 3 is 2.05 bits per heavy atom. The van der Waals surface area contributed by atoms with Gasteiger partial charge in [0.1, 0.15) is 11.4 Å². The predicted octanol–water partition coefficient (Wildman–Crippen LogP) is 1.56. The quantitative estimate of drug-likeness (QED) is 0.669. The highest BCUT2D eigenvalue weighted by molar-refractivity contribution is 7.86. The molecule has 0 aliphatic heterocycles. The second-order valence-corrected chi connectivity index (χ2v) is 5.02. The molecule has 0 aliphatic carbocycles. The van der Waals surface area contributed by atoms with Gasteiger partial charge in [0.25, 0.3) is 0 Å². The Morgan fingerprint density at radius 2 is 1.71 bits per heavy atom. The van der Waals surface area contributed by atoms with Crippen molar-refractivity contribution in [3.05, 3.63) is 36.5 Å². The molecule has 6 nitrogen and oxygen atoms in total. The van der Waals surface area contributed by atoms with Gasteiger partial charge in [-0.15, -0.1) is 5.10 Å². The zero-order valence-corrected chi connectivity index (χ0v) is 11.5. The van der Waals surface area contributed by atoms with Crippen molar-refractivity contribution in [1.82, 2.24) is 5.10 Å². The number of hydrogen-bond donors (Lipinski definition) is 1. The minimum Gasteiger partial charge on any atom is -0.741 e. The molecule has 0 fully saturated rings. The van der Waals surface area contributed by atoms with E-state index in [0.717, 1.165) is 17.0 Å². The zero-order chi connectivity index (χ0) is 16.1. The predicted molar refractivity (Wildman–Crippen MR) is 65.1 cm³/mol. The maximum Gasteiger partial charge on any atom is 0.485 e. The third-order valence-electron chi connectivity index (χ3n) is 2.22. The first-order chi connectivity index (χ1) is 9.65. The Hall–Kier alpha value is -2.07. The number of H-pyrrole nitrogens is 2. The van der Waals surface area contributed by atoms with Crippen LogP contribution in [0.1, 0.15) is 0 Å². The molecule has 2 aromatic rings. The van der Waals surface area contributed by atoms with Gasteiger partial charge >= 0.3 is 5.51 Å². The lowest BCUT2D eigenvalue weighted by Crippen LogP contribution is -2.21. The molecular weight excluding hydrogens is 313 g/mol. The van der Waals surface area contributed by atoms with E-state index in [1.165, 1.54) is 0 Å². The van der Waals surface area contributed by atoms with Crippen LogP contribution in [0.15, 0.2) is 36.5 Å². The van der Waals surface area contributed by atoms with Crippen molar-refractivity contribution < 1.29 is 36.0 Å². The summed E-state index contributed by atoms with van der Waals surface area (Å²) < 4.78 is 64.0. The molecule has 0 atom stereocenters. The summed E-state index contributed by atoms with van der Waals surface area (Å²) in [6.07, 6.45) is 1.86. The van der Waals surface area contributed by atoms with Crippen LogP contribution < -0.4 is 9.84 Å². The maximum atomic E-state index is 10.7. The summed E-state index contributed by atoms with van der Waals surface area (Å²) in [7, 11) is -4.43. The van der Waals surface area contributed by atoms with Gasteiger partial charge in [0.2, 0.25) is 0 Å². The van der Waals surface area contributed by atoms with Crippen molar-refractivity contribution >= 4 is 10.1 Å². The normalized spacial score (nSPS) is 11.5. The van der Waals surface area contributed by atoms with Crippen LogP contribution in [0.25, 0.3) is 11.3 Å². The average molecular weight is 324 g/mol. The molecule has 116 valence electrons. The van der Waals surface area contributed by atoms with E-state index in [2.05, 4.69) is 10.2 Å². The van der Waals surface area contributed by atoms with Gasteiger partial charge in [0, 0.05) is 11.6 Å². The molecule has 0 unspecified atom stereocenters. The number of benzene rings is 1. The topological polar surface area (TPSA) is 96.4 Å². The van der Waals surface area contributed by atoms with E-state index < -0.39 is 15.6 Å². The van der Waals surface area contributed by atoms with Crippen molar-refractivity contribution in [2.75, 3.05) is 7.11 Å². The Morgan fingerprint density at radius 1 is 1.19 bits per heavy atom. The summed E-state index contributed by atoms with van der Waals surface area (Å²) in [6, 6.07) is 9.89. The monoisotopic (exact) mass is 324 g/mol. The van der Waals surface area contributed by atoms with E-state index >= 15 is 0 Å². The summed E-state index contributed by atoms with van der Waals surface area (Å²) in [5.41, 5.74) is -3.43. The van der Waals surface area contributed by atoms with Gasteiger partial charge in [-0.3, -0.25) is 0 Å². The molecule has 0 amide bonds. The summed E-state index contributed by atoms with van der Waals surface area (Å²) in [6.45, 7) is 0. The number of aromatic nitrogens is 2. The molecular formula is C11H11F3N2O4S. The molecule has 0 saturated carbocycles. The molecule has 0 saturated heterocycles. The first-order valence-electron chi connectivity index (χ1n) is 5.37. The van der Waals surface area contributed by atoms with Gasteiger partial charge in [0.05, 0.1) is 7.11 Å². The van der Waals surface area contributed by atoms with Crippen LogP contribution >= 0.6 is 0 Å². The Kier molecular flexibility index (Phi) is 5.33. The number of nitrogens with one attached hydrogen (secondary N) is 2. The number of alkyl halides is 3. The van der Waals surface area contributed by atoms with Crippen molar-refractivity contribution in [1.29, 1.82) is 0 Å². The lowest BCUT2D eigenvalue weighted by Gasteiger charge is -2.08. The lowest BCUT2D eigenvalue weighted by atomic mass is 10.1. The Balaban J connectivity index is 0.000000240. The van der Waals surface area contributed by atoms with E-state index in [0.29, 0.717) is 0 Å². The third-order valence-corrected chi connectivity index (χ3v) is 2.79. The van der Waals surface area contributed by atoms with Gasteiger partial charge in [-0.2, -0.15) is 18.3 Å². The zero-order valence-electron chi connectivity index (χ0n) is 10.6. The number of methoxy groups -OCH3 is 1. The van der Waals surface area contributed by atoms with Gasteiger partial charge in [0.15, 0.2) is 16.3 Å². The minimum atomic E-state index is -6.09. The number of aromatic amines is 2. The number of hydrogen-bond acceptors (Lipinski definition) is 4. The van der Waals surface area contributed by atoms with Gasteiger partial charge < -0.3 is 9.29 Å². The second-order valence-electron chi connectivity index (χ2n) is 3.64. The fourth-order valence-corrected chi connectivity index (χ4v) is 1.23. The van der Waals surface area contributed by atoms with Crippen molar-refractivity contribution in [3.8, 4) is 17.0 Å². The summed E-state index contributed by atoms with van der Waals surface area (Å²) in [4.78, 5) is 0. The second kappa shape index (κ2) is 6.59. The fourth-order valence-electron chi connectivity index (χ4n) is 1.23. The van der Waals surface area contributed by atoms with E-state index in [1.807, 2.05) is 36.5 Å². The van der Waals surface area contributed by atoms with Crippen LogP contribution in [0.4, 0.5) is 13.2 Å². The number of rotatable bonds is 2. The van der Waals surface area contributed by atoms with Gasteiger partial charge in [-0.25, -0.2) is 8.42 Å². The van der Waals surface area contributed by atoms with E-state index in [4.69, 9.17) is 17.7 Å². The third kappa shape index (κ3) is 5.08. The first-order valence-corrected chi connectivity index (χ1v) is 6.77. The average Bonchev–Trinajstić information content (AvgIpc) is 2.91. The molecule has 1 aromatic heterocycles. The molecule has 0 radical (unpaired) electrons. The highest BCUT2D eigenvalue weighted by Crippen LogP contribution is 2.20. The molecule has 2 N–H and O–H groups in total. The van der Waals surface area contributed by atoms with E-state index in [1.54, 1.807) is 7.11 Å². The number of ether oxygens (including phenoxy) is 1. The Bertz CT molecular complexity index is 652. The van der Waals surface area contributed by atoms with Crippen LogP contribution in [-0.2, 0) is 10.1 Å². The molecule has 21 heavy (non-hydrogen) atoms. The maximum absolute atomic E-state index is 10.7. The smallest absolute Gasteiger partial charge is 0.485 e. The van der Waals surface area contributed by atoms with E-state index in [-0.39, 0.29) is 0 Å². The highest BCUT2D eigenvalue weighted by atomic mass is 32.2. The summed E-state index contributed by atoms with van der Waals surface area (Å²) in [5, 5.41) is 5.93. The lowest BCUT2D eigenvalue weighted by molar-refractivity contribution is -0.448. The molecule has 0 bridgehead atoms. The van der Waals surface area contributed by atoms with E-state index in [9.17, 15) is 13.2 Å². The van der Waals surface area contributed by atoms with Crippen LogP contribution in [0.3, 0.4) is 0 Å².